The number of aryl methyl sites for hydroxylation is 1. The summed E-state index contributed by atoms with van der Waals surface area (Å²) in [5, 5.41) is 7.10. The largest absolute Gasteiger partial charge is 0.322 e. The highest BCUT2D eigenvalue weighted by atomic mass is 16.2. The summed E-state index contributed by atoms with van der Waals surface area (Å²) in [5.74, 6) is -0.241. The van der Waals surface area contributed by atoms with E-state index < -0.39 is 0 Å². The van der Waals surface area contributed by atoms with E-state index in [0.717, 1.165) is 16.9 Å². The number of nitrogens with zero attached hydrogens (tertiary/aromatic N) is 3. The number of amides is 2. The molecular formula is C20H20N4O2. The molecule has 6 nitrogen and oxygen atoms in total. The van der Waals surface area contributed by atoms with Gasteiger partial charge in [-0.2, -0.15) is 5.10 Å². The maximum atomic E-state index is 12.4. The summed E-state index contributed by atoms with van der Waals surface area (Å²) in [6.45, 7) is 3.48. The third-order valence-corrected chi connectivity index (χ3v) is 4.09. The van der Waals surface area contributed by atoms with Crippen LogP contribution in [0.4, 0.5) is 11.4 Å². The molecule has 132 valence electrons. The molecule has 2 aromatic carbocycles. The van der Waals surface area contributed by atoms with Crippen LogP contribution < -0.4 is 10.2 Å². The van der Waals surface area contributed by atoms with Gasteiger partial charge < -0.3 is 10.2 Å². The van der Waals surface area contributed by atoms with Crippen LogP contribution >= 0.6 is 0 Å². The Morgan fingerprint density at radius 2 is 1.69 bits per heavy atom. The Labute approximate surface area is 152 Å². The quantitative estimate of drug-likeness (QED) is 0.786. The highest BCUT2D eigenvalue weighted by Gasteiger charge is 2.09. The number of hydrogen-bond acceptors (Lipinski definition) is 3. The highest BCUT2D eigenvalue weighted by Crippen LogP contribution is 2.18. The number of benzene rings is 2. The summed E-state index contributed by atoms with van der Waals surface area (Å²) in [5.41, 5.74) is 3.97. The Morgan fingerprint density at radius 3 is 2.23 bits per heavy atom. The van der Waals surface area contributed by atoms with E-state index in [9.17, 15) is 9.59 Å². The monoisotopic (exact) mass is 348 g/mol. The zero-order chi connectivity index (χ0) is 18.7. The fourth-order valence-corrected chi connectivity index (χ4v) is 2.47. The number of hydrogen-bond donors (Lipinski definition) is 1. The summed E-state index contributed by atoms with van der Waals surface area (Å²) in [6.07, 6.45) is 3.71. The molecule has 1 N–H and O–H groups in total. The van der Waals surface area contributed by atoms with Gasteiger partial charge in [0.05, 0.1) is 11.9 Å². The average Bonchev–Trinajstić information content (AvgIpc) is 3.08. The van der Waals surface area contributed by atoms with Crippen molar-refractivity contribution in [2.45, 2.75) is 13.8 Å². The second kappa shape index (κ2) is 7.23. The molecule has 1 heterocycles. The van der Waals surface area contributed by atoms with Gasteiger partial charge in [0.2, 0.25) is 5.91 Å². The highest BCUT2D eigenvalue weighted by molar-refractivity contribution is 6.04. The zero-order valence-electron chi connectivity index (χ0n) is 14.9. The van der Waals surface area contributed by atoms with E-state index >= 15 is 0 Å². The van der Waals surface area contributed by atoms with Crippen molar-refractivity contribution in [3.63, 3.8) is 0 Å². The molecule has 2 amide bonds. The summed E-state index contributed by atoms with van der Waals surface area (Å²) in [4.78, 5) is 25.3. The zero-order valence-corrected chi connectivity index (χ0v) is 14.9. The minimum absolute atomic E-state index is 0.0470. The first-order valence-corrected chi connectivity index (χ1v) is 8.21. The van der Waals surface area contributed by atoms with Crippen LogP contribution in [0.3, 0.4) is 0 Å². The lowest BCUT2D eigenvalue weighted by Crippen LogP contribution is -2.22. The molecule has 0 unspecified atom stereocenters. The SMILES string of the molecule is CC(=O)N(C)c1ccc(NC(=O)c2ccc(-n3cc(C)cn3)cc2)cc1. The van der Waals surface area contributed by atoms with E-state index in [0.29, 0.717) is 11.3 Å². The van der Waals surface area contributed by atoms with E-state index in [4.69, 9.17) is 0 Å². The van der Waals surface area contributed by atoms with Gasteiger partial charge in [0.25, 0.3) is 5.91 Å². The van der Waals surface area contributed by atoms with Gasteiger partial charge in [0.1, 0.15) is 0 Å². The van der Waals surface area contributed by atoms with E-state index in [1.807, 2.05) is 25.3 Å². The van der Waals surface area contributed by atoms with Gasteiger partial charge in [0, 0.05) is 37.1 Å². The van der Waals surface area contributed by atoms with Gasteiger partial charge >= 0.3 is 0 Å². The topological polar surface area (TPSA) is 67.2 Å². The molecule has 26 heavy (non-hydrogen) atoms. The van der Waals surface area contributed by atoms with Crippen molar-refractivity contribution < 1.29 is 9.59 Å². The molecule has 0 aliphatic rings. The first-order chi connectivity index (χ1) is 12.4. The van der Waals surface area contributed by atoms with Crippen molar-refractivity contribution in [2.75, 3.05) is 17.3 Å². The summed E-state index contributed by atoms with van der Waals surface area (Å²) in [7, 11) is 1.71. The Morgan fingerprint density at radius 1 is 1.04 bits per heavy atom. The smallest absolute Gasteiger partial charge is 0.255 e. The Hall–Kier alpha value is -3.41. The van der Waals surface area contributed by atoms with E-state index in [2.05, 4.69) is 10.4 Å². The van der Waals surface area contributed by atoms with Crippen LogP contribution in [0.25, 0.3) is 5.69 Å². The third kappa shape index (κ3) is 3.80. The Balaban J connectivity index is 1.69. The average molecular weight is 348 g/mol. The molecule has 1 aromatic heterocycles. The van der Waals surface area contributed by atoms with Crippen molar-refractivity contribution in [1.29, 1.82) is 0 Å². The number of aromatic nitrogens is 2. The maximum absolute atomic E-state index is 12.4. The molecule has 0 saturated carbocycles. The van der Waals surface area contributed by atoms with E-state index in [1.54, 1.807) is 59.2 Å². The standard InChI is InChI=1S/C20H20N4O2/c1-14-12-21-24(13-14)19-8-4-16(5-9-19)20(26)22-17-6-10-18(11-7-17)23(3)15(2)25/h4-13H,1-3H3,(H,22,26). The van der Waals surface area contributed by atoms with Crippen LogP contribution in [0.5, 0.6) is 0 Å². The van der Waals surface area contributed by atoms with E-state index in [-0.39, 0.29) is 11.8 Å². The van der Waals surface area contributed by atoms with Crippen molar-refractivity contribution in [1.82, 2.24) is 9.78 Å². The van der Waals surface area contributed by atoms with Gasteiger partial charge in [-0.1, -0.05) is 0 Å². The first kappa shape index (κ1) is 17.4. The predicted octanol–water partition coefficient (Wildman–Crippen LogP) is 3.42. The molecule has 3 aromatic rings. The number of rotatable bonds is 4. The third-order valence-electron chi connectivity index (χ3n) is 4.09. The molecule has 0 saturated heterocycles. The lowest BCUT2D eigenvalue weighted by molar-refractivity contribution is -0.116. The molecule has 6 heteroatoms. The van der Waals surface area contributed by atoms with Gasteiger partial charge in [-0.15, -0.1) is 0 Å². The van der Waals surface area contributed by atoms with Crippen LogP contribution in [-0.2, 0) is 4.79 Å². The molecule has 0 atom stereocenters. The van der Waals surface area contributed by atoms with Gasteiger partial charge in [-0.25, -0.2) is 4.68 Å². The molecule has 0 radical (unpaired) electrons. The van der Waals surface area contributed by atoms with Crippen LogP contribution in [0, 0.1) is 6.92 Å². The fraction of sp³-hybridized carbons (Fsp3) is 0.150. The Kier molecular flexibility index (Phi) is 4.84. The lowest BCUT2D eigenvalue weighted by atomic mass is 10.2. The molecule has 3 rings (SSSR count). The van der Waals surface area contributed by atoms with Gasteiger partial charge in [0.15, 0.2) is 0 Å². The molecule has 0 bridgehead atoms. The van der Waals surface area contributed by atoms with Crippen molar-refractivity contribution in [3.8, 4) is 5.69 Å². The van der Waals surface area contributed by atoms with Gasteiger partial charge in [-0.05, 0) is 61.0 Å². The molecular weight excluding hydrogens is 328 g/mol. The number of nitrogens with one attached hydrogen (secondary N) is 1. The second-order valence-electron chi connectivity index (χ2n) is 6.09. The fourth-order valence-electron chi connectivity index (χ4n) is 2.47. The molecule has 0 aliphatic heterocycles. The van der Waals surface area contributed by atoms with Crippen LogP contribution in [0.15, 0.2) is 60.9 Å². The number of carbonyl (C=O) groups is 2. The van der Waals surface area contributed by atoms with E-state index in [1.165, 1.54) is 6.92 Å². The molecule has 0 fully saturated rings. The minimum atomic E-state index is -0.194. The minimum Gasteiger partial charge on any atom is -0.322 e. The predicted molar refractivity (Wildman–Crippen MR) is 102 cm³/mol. The Bertz CT molecular complexity index is 927. The summed E-state index contributed by atoms with van der Waals surface area (Å²) in [6, 6.07) is 14.4. The normalized spacial score (nSPS) is 10.4. The van der Waals surface area contributed by atoms with Crippen molar-refractivity contribution in [2.24, 2.45) is 0 Å². The summed E-state index contributed by atoms with van der Waals surface area (Å²) >= 11 is 0. The van der Waals surface area contributed by atoms with Crippen LogP contribution in [0.1, 0.15) is 22.8 Å². The van der Waals surface area contributed by atoms with Crippen molar-refractivity contribution >= 4 is 23.2 Å². The first-order valence-electron chi connectivity index (χ1n) is 8.21. The van der Waals surface area contributed by atoms with Gasteiger partial charge in [-0.3, -0.25) is 9.59 Å². The molecule has 0 aliphatic carbocycles. The second-order valence-corrected chi connectivity index (χ2v) is 6.09. The summed E-state index contributed by atoms with van der Waals surface area (Å²) < 4.78 is 1.77. The van der Waals surface area contributed by atoms with Crippen LogP contribution in [-0.4, -0.2) is 28.6 Å². The van der Waals surface area contributed by atoms with Crippen LogP contribution in [0.2, 0.25) is 0 Å². The molecule has 0 spiro atoms. The van der Waals surface area contributed by atoms with Crippen molar-refractivity contribution in [3.05, 3.63) is 72.1 Å². The number of anilines is 2. The number of carbonyl (C=O) groups excluding carboxylic acids is 2. The lowest BCUT2D eigenvalue weighted by Gasteiger charge is -2.15. The maximum Gasteiger partial charge on any atom is 0.255 e.